The molecule has 0 aromatic heterocycles. The van der Waals surface area contributed by atoms with Crippen LogP contribution >= 0.6 is 0 Å². The van der Waals surface area contributed by atoms with Gasteiger partial charge in [-0.2, -0.15) is 0 Å². The molecule has 1 aromatic carbocycles. The number of rotatable bonds is 4. The zero-order chi connectivity index (χ0) is 14.8. The Balaban J connectivity index is 2.10. The van der Waals surface area contributed by atoms with Crippen molar-refractivity contribution in [2.75, 3.05) is 19.6 Å². The molecule has 1 atom stereocenters. The van der Waals surface area contributed by atoms with E-state index in [2.05, 4.69) is 10.0 Å². The average Bonchev–Trinajstić information content (AvgIpc) is 2.43. The molecule has 4 nitrogen and oxygen atoms in total. The lowest BCUT2D eigenvalue weighted by molar-refractivity contribution is 0.376. The fourth-order valence-electron chi connectivity index (χ4n) is 2.47. The van der Waals surface area contributed by atoms with Crippen LogP contribution in [0.3, 0.4) is 0 Å². The van der Waals surface area contributed by atoms with Crippen molar-refractivity contribution in [1.29, 1.82) is 0 Å². The van der Waals surface area contributed by atoms with Crippen molar-refractivity contribution < 1.29 is 12.8 Å². The van der Waals surface area contributed by atoms with E-state index in [1.54, 1.807) is 13.8 Å². The van der Waals surface area contributed by atoms with Crippen LogP contribution in [-0.2, 0) is 10.0 Å². The Kier molecular flexibility index (Phi) is 4.78. The number of hydrogen-bond acceptors (Lipinski definition) is 3. The summed E-state index contributed by atoms with van der Waals surface area (Å²) < 4.78 is 40.7. The molecule has 0 saturated carbocycles. The third-order valence-electron chi connectivity index (χ3n) is 3.68. The van der Waals surface area contributed by atoms with Crippen LogP contribution in [-0.4, -0.2) is 28.1 Å². The standard InChI is InChI=1S/C14H21FN2O2S/c1-10-6-13(7-11(2)14(10)15)20(18,19)17-9-12-4-3-5-16-8-12/h6-7,12,16-17H,3-5,8-9H2,1-2H3. The first-order chi connectivity index (χ1) is 9.40. The van der Waals surface area contributed by atoms with Gasteiger partial charge in [0.1, 0.15) is 5.82 Å². The molecule has 1 aliphatic rings. The van der Waals surface area contributed by atoms with E-state index in [9.17, 15) is 12.8 Å². The zero-order valence-corrected chi connectivity index (χ0v) is 12.7. The predicted octanol–water partition coefficient (Wildman–Crippen LogP) is 1.72. The minimum absolute atomic E-state index is 0.137. The molecule has 6 heteroatoms. The third-order valence-corrected chi connectivity index (χ3v) is 5.08. The van der Waals surface area contributed by atoms with Crippen molar-refractivity contribution in [3.05, 3.63) is 29.1 Å². The number of halogens is 1. The first kappa shape index (κ1) is 15.4. The van der Waals surface area contributed by atoms with E-state index in [1.165, 1.54) is 12.1 Å². The second kappa shape index (κ2) is 6.20. The molecule has 0 radical (unpaired) electrons. The number of piperidine rings is 1. The molecular weight excluding hydrogens is 279 g/mol. The summed E-state index contributed by atoms with van der Waals surface area (Å²) in [5, 5.41) is 3.25. The first-order valence-corrected chi connectivity index (χ1v) is 8.35. The quantitative estimate of drug-likeness (QED) is 0.890. The molecule has 0 amide bonds. The van der Waals surface area contributed by atoms with Gasteiger partial charge in [0.05, 0.1) is 4.90 Å². The Labute approximate surface area is 119 Å². The molecule has 1 saturated heterocycles. The molecule has 20 heavy (non-hydrogen) atoms. The normalized spacial score (nSPS) is 20.1. The van der Waals surface area contributed by atoms with Crippen LogP contribution in [0.4, 0.5) is 4.39 Å². The minimum atomic E-state index is -3.57. The van der Waals surface area contributed by atoms with Crippen LogP contribution in [0.25, 0.3) is 0 Å². The van der Waals surface area contributed by atoms with E-state index in [1.807, 2.05) is 0 Å². The van der Waals surface area contributed by atoms with E-state index in [0.29, 0.717) is 23.6 Å². The highest BCUT2D eigenvalue weighted by Crippen LogP contribution is 2.19. The van der Waals surface area contributed by atoms with Gasteiger partial charge in [0.15, 0.2) is 0 Å². The number of hydrogen-bond donors (Lipinski definition) is 2. The lowest BCUT2D eigenvalue weighted by Gasteiger charge is -2.22. The topological polar surface area (TPSA) is 58.2 Å². The Morgan fingerprint density at radius 3 is 2.55 bits per heavy atom. The Morgan fingerprint density at radius 2 is 2.00 bits per heavy atom. The SMILES string of the molecule is Cc1cc(S(=O)(=O)NCC2CCCNC2)cc(C)c1F. The van der Waals surface area contributed by atoms with E-state index in [-0.39, 0.29) is 10.7 Å². The number of benzene rings is 1. The summed E-state index contributed by atoms with van der Waals surface area (Å²) in [6.45, 7) is 5.41. The molecular formula is C14H21FN2O2S. The van der Waals surface area contributed by atoms with Crippen LogP contribution < -0.4 is 10.0 Å². The molecule has 1 aliphatic heterocycles. The van der Waals surface area contributed by atoms with Crippen LogP contribution in [0.15, 0.2) is 17.0 Å². The van der Waals surface area contributed by atoms with Crippen LogP contribution in [0.5, 0.6) is 0 Å². The predicted molar refractivity (Wildman–Crippen MR) is 76.7 cm³/mol. The van der Waals surface area contributed by atoms with Gasteiger partial charge in [0.25, 0.3) is 0 Å². The second-order valence-electron chi connectivity index (χ2n) is 5.44. The van der Waals surface area contributed by atoms with Crippen LogP contribution in [0.1, 0.15) is 24.0 Å². The molecule has 0 spiro atoms. The molecule has 2 rings (SSSR count). The van der Waals surface area contributed by atoms with E-state index in [4.69, 9.17) is 0 Å². The molecule has 112 valence electrons. The summed E-state index contributed by atoms with van der Waals surface area (Å²) in [6, 6.07) is 2.76. The van der Waals surface area contributed by atoms with E-state index in [0.717, 1.165) is 25.9 Å². The lowest BCUT2D eigenvalue weighted by atomic mass is 10.0. The number of sulfonamides is 1. The summed E-state index contributed by atoms with van der Waals surface area (Å²) in [5.74, 6) is -0.0263. The van der Waals surface area contributed by atoms with Crippen molar-refractivity contribution >= 4 is 10.0 Å². The fourth-order valence-corrected chi connectivity index (χ4v) is 3.76. The highest BCUT2D eigenvalue weighted by molar-refractivity contribution is 7.89. The molecule has 1 aromatic rings. The van der Waals surface area contributed by atoms with Crippen molar-refractivity contribution in [3.8, 4) is 0 Å². The maximum Gasteiger partial charge on any atom is 0.240 e. The molecule has 1 unspecified atom stereocenters. The smallest absolute Gasteiger partial charge is 0.240 e. The van der Waals surface area contributed by atoms with Gasteiger partial charge in [-0.1, -0.05) is 0 Å². The van der Waals surface area contributed by atoms with Gasteiger partial charge in [-0.3, -0.25) is 0 Å². The van der Waals surface area contributed by atoms with Crippen molar-refractivity contribution in [1.82, 2.24) is 10.0 Å². The van der Waals surface area contributed by atoms with Crippen LogP contribution in [0, 0.1) is 25.6 Å². The van der Waals surface area contributed by atoms with Crippen molar-refractivity contribution in [3.63, 3.8) is 0 Å². The summed E-state index contributed by atoms with van der Waals surface area (Å²) >= 11 is 0. The van der Waals surface area contributed by atoms with Gasteiger partial charge in [-0.25, -0.2) is 17.5 Å². The monoisotopic (exact) mass is 300 g/mol. The lowest BCUT2D eigenvalue weighted by Crippen LogP contribution is -2.38. The van der Waals surface area contributed by atoms with Gasteiger partial charge in [-0.05, 0) is 69.0 Å². The maximum absolute atomic E-state index is 13.6. The van der Waals surface area contributed by atoms with Crippen molar-refractivity contribution in [2.45, 2.75) is 31.6 Å². The Bertz CT molecular complexity index is 558. The summed E-state index contributed by atoms with van der Waals surface area (Å²) in [6.07, 6.45) is 2.10. The molecule has 2 N–H and O–H groups in total. The Morgan fingerprint density at radius 1 is 1.35 bits per heavy atom. The summed E-state index contributed by atoms with van der Waals surface area (Å²) in [5.41, 5.74) is 0.703. The highest BCUT2D eigenvalue weighted by Gasteiger charge is 2.20. The van der Waals surface area contributed by atoms with Crippen LogP contribution in [0.2, 0.25) is 0 Å². The second-order valence-corrected chi connectivity index (χ2v) is 7.20. The molecule has 0 bridgehead atoms. The van der Waals surface area contributed by atoms with Gasteiger partial charge in [0.2, 0.25) is 10.0 Å². The first-order valence-electron chi connectivity index (χ1n) is 6.87. The zero-order valence-electron chi connectivity index (χ0n) is 11.9. The number of aryl methyl sites for hydroxylation is 2. The third kappa shape index (κ3) is 3.56. The van der Waals surface area contributed by atoms with Gasteiger partial charge in [0, 0.05) is 6.54 Å². The largest absolute Gasteiger partial charge is 0.316 e. The van der Waals surface area contributed by atoms with Gasteiger partial charge >= 0.3 is 0 Å². The molecule has 1 heterocycles. The Hall–Kier alpha value is -0.980. The van der Waals surface area contributed by atoms with Gasteiger partial charge < -0.3 is 5.32 Å². The molecule has 0 aliphatic carbocycles. The fraction of sp³-hybridized carbons (Fsp3) is 0.571. The van der Waals surface area contributed by atoms with Crippen molar-refractivity contribution in [2.24, 2.45) is 5.92 Å². The summed E-state index contributed by atoms with van der Waals surface area (Å²) in [4.78, 5) is 0.137. The highest BCUT2D eigenvalue weighted by atomic mass is 32.2. The maximum atomic E-state index is 13.6. The van der Waals surface area contributed by atoms with Gasteiger partial charge in [-0.15, -0.1) is 0 Å². The molecule has 1 fully saturated rings. The summed E-state index contributed by atoms with van der Waals surface area (Å²) in [7, 11) is -3.57. The average molecular weight is 300 g/mol. The minimum Gasteiger partial charge on any atom is -0.316 e. The van der Waals surface area contributed by atoms with E-state index >= 15 is 0 Å². The number of nitrogens with one attached hydrogen (secondary N) is 2. The van der Waals surface area contributed by atoms with E-state index < -0.39 is 10.0 Å².